The van der Waals surface area contributed by atoms with E-state index in [-0.39, 0.29) is 32.5 Å². The van der Waals surface area contributed by atoms with Crippen LogP contribution in [0.1, 0.15) is 158 Å². The molecule has 4 heterocycles. The quantitative estimate of drug-likeness (QED) is 0.159. The average molecular weight is 1020 g/mol. The van der Waals surface area contributed by atoms with Gasteiger partial charge in [-0.2, -0.15) is 0 Å². The van der Waals surface area contributed by atoms with E-state index in [9.17, 15) is 0 Å². The van der Waals surface area contributed by atoms with Crippen LogP contribution in [0.15, 0.2) is 152 Å². The van der Waals surface area contributed by atoms with E-state index in [0.717, 1.165) is 56.6 Å². The third kappa shape index (κ3) is 10.2. The van der Waals surface area contributed by atoms with Crippen LogP contribution in [0, 0.1) is 0 Å². The smallest absolute Gasteiger partial charge is 0.158 e. The third-order valence-corrected chi connectivity index (χ3v) is 15.7. The van der Waals surface area contributed by atoms with Crippen molar-refractivity contribution in [1.82, 2.24) is 14.5 Å². The van der Waals surface area contributed by atoms with Crippen LogP contribution in [-0.4, -0.2) is 21.2 Å². The second kappa shape index (κ2) is 18.8. The highest BCUT2D eigenvalue weighted by Gasteiger charge is 2.37. The molecule has 10 rings (SSSR count). The Morgan fingerprint density at radius 3 is 1.53 bits per heavy atom. The molecule has 0 aliphatic carbocycles. The molecule has 0 saturated heterocycles. The molecule has 6 nitrogen and oxygen atoms in total. The van der Waals surface area contributed by atoms with E-state index < -0.39 is 0 Å². The largest absolute Gasteiger partial charge is 0.457 e. The first-order valence-corrected chi connectivity index (χ1v) is 27.7. The summed E-state index contributed by atoms with van der Waals surface area (Å²) in [4.78, 5) is 15.1. The molecule has 0 N–H and O–H groups in total. The van der Waals surface area contributed by atoms with Gasteiger partial charge in [0, 0.05) is 52.1 Å². The maximum atomic E-state index is 6.92. The van der Waals surface area contributed by atoms with Crippen LogP contribution in [0.4, 0.5) is 22.9 Å². The Kier molecular flexibility index (Phi) is 13.0. The number of aromatic nitrogens is 3. The molecule has 77 heavy (non-hydrogen) atoms. The number of hydrogen-bond acceptors (Lipinski definition) is 5. The number of fused-ring (bicyclic) bond motifs is 4. The van der Waals surface area contributed by atoms with E-state index in [1.54, 1.807) is 0 Å². The van der Waals surface area contributed by atoms with E-state index in [4.69, 9.17) is 14.7 Å². The molecule has 0 bridgehead atoms. The molecule has 0 radical (unpaired) electrons. The maximum absolute atomic E-state index is 6.92. The van der Waals surface area contributed by atoms with Crippen molar-refractivity contribution >= 4 is 44.7 Å². The molecule has 0 unspecified atom stereocenters. The Labute approximate surface area is 460 Å². The molecule has 1 aliphatic heterocycles. The molecule has 1 aliphatic rings. The number of pyridine rings is 2. The van der Waals surface area contributed by atoms with Crippen molar-refractivity contribution in [3.63, 3.8) is 0 Å². The summed E-state index contributed by atoms with van der Waals surface area (Å²) in [5.74, 6) is 3.31. The lowest BCUT2D eigenvalue weighted by molar-refractivity contribution is 0.483. The predicted octanol–water partition coefficient (Wildman–Crippen LogP) is 19.7. The van der Waals surface area contributed by atoms with Gasteiger partial charge in [-0.3, -0.25) is 4.57 Å². The predicted molar refractivity (Wildman–Crippen MR) is 328 cm³/mol. The standard InChI is InChI=1S/C71H81N5O/c1-66(2,3)45-28-31-52(58(39-45)70(13,14)15)56-37-48(69(10,11)12)38-57(53-32-29-46(67(4,5)6)40-59(53)71(16,17)18)64(56)75-44-74(61-27-22-35-73-65(61)75)49-23-21-24-50(42-49)77-51-30-33-55-54-25-19-20-26-60(54)76(62(55)43-51)63-41-47(34-36-72-63)68(7,8)9/h19-43H,44H2,1-18H3. The molecule has 6 heteroatoms. The van der Waals surface area contributed by atoms with E-state index in [1.165, 1.54) is 61.0 Å². The zero-order chi connectivity index (χ0) is 55.4. The fourth-order valence-corrected chi connectivity index (χ4v) is 11.1. The van der Waals surface area contributed by atoms with Gasteiger partial charge in [-0.25, -0.2) is 9.97 Å². The molecule has 0 amide bonds. The molecule has 0 spiro atoms. The topological polar surface area (TPSA) is 46.4 Å². The fraction of sp³-hybridized carbons (Fsp3) is 0.352. The minimum atomic E-state index is -0.153. The van der Waals surface area contributed by atoms with Crippen molar-refractivity contribution in [3.8, 4) is 39.6 Å². The number of ether oxygens (including phenoxy) is 1. The normalized spacial score (nSPS) is 13.7. The van der Waals surface area contributed by atoms with Crippen molar-refractivity contribution in [2.75, 3.05) is 16.5 Å². The zero-order valence-electron chi connectivity index (χ0n) is 49.3. The summed E-state index contributed by atoms with van der Waals surface area (Å²) < 4.78 is 9.19. The zero-order valence-corrected chi connectivity index (χ0v) is 49.3. The second-order valence-electron chi connectivity index (χ2n) is 27.8. The van der Waals surface area contributed by atoms with Gasteiger partial charge in [0.2, 0.25) is 0 Å². The van der Waals surface area contributed by atoms with Gasteiger partial charge < -0.3 is 14.5 Å². The maximum Gasteiger partial charge on any atom is 0.158 e. The Balaban J connectivity index is 1.15. The summed E-state index contributed by atoms with van der Waals surface area (Å²) in [6.07, 6.45) is 3.87. The minimum absolute atomic E-state index is 0.0182. The summed E-state index contributed by atoms with van der Waals surface area (Å²) in [5, 5.41) is 2.33. The van der Waals surface area contributed by atoms with E-state index >= 15 is 0 Å². The second-order valence-corrected chi connectivity index (χ2v) is 27.8. The number of hydrogen-bond donors (Lipinski definition) is 0. The summed E-state index contributed by atoms with van der Waals surface area (Å²) in [7, 11) is 0. The Morgan fingerprint density at radius 2 is 0.948 bits per heavy atom. The molecule has 0 fully saturated rings. The molecule has 396 valence electrons. The number of nitrogens with zero attached hydrogens (tertiary/aromatic N) is 5. The number of benzene rings is 6. The van der Waals surface area contributed by atoms with Gasteiger partial charge in [0.15, 0.2) is 5.82 Å². The van der Waals surface area contributed by atoms with Crippen LogP contribution in [-0.2, 0) is 32.5 Å². The highest BCUT2D eigenvalue weighted by atomic mass is 16.5. The van der Waals surface area contributed by atoms with Gasteiger partial charge in [0.1, 0.15) is 24.0 Å². The fourth-order valence-electron chi connectivity index (χ4n) is 11.1. The van der Waals surface area contributed by atoms with E-state index in [0.29, 0.717) is 6.67 Å². The Hall–Kier alpha value is -7.18. The van der Waals surface area contributed by atoms with Gasteiger partial charge >= 0.3 is 0 Å². The Bertz CT molecular complexity index is 3620. The van der Waals surface area contributed by atoms with Gasteiger partial charge in [0.05, 0.1) is 22.4 Å². The van der Waals surface area contributed by atoms with Crippen molar-refractivity contribution in [1.29, 1.82) is 0 Å². The third-order valence-electron chi connectivity index (χ3n) is 15.7. The van der Waals surface area contributed by atoms with Crippen LogP contribution in [0.3, 0.4) is 0 Å². The monoisotopic (exact) mass is 1020 g/mol. The lowest BCUT2D eigenvalue weighted by atomic mass is 9.74. The minimum Gasteiger partial charge on any atom is -0.457 e. The van der Waals surface area contributed by atoms with E-state index in [2.05, 4.69) is 279 Å². The van der Waals surface area contributed by atoms with E-state index in [1.807, 2.05) is 12.4 Å². The summed E-state index contributed by atoms with van der Waals surface area (Å²) in [6.45, 7) is 42.4. The van der Waals surface area contributed by atoms with Crippen LogP contribution in [0.2, 0.25) is 0 Å². The van der Waals surface area contributed by atoms with Gasteiger partial charge in [0.25, 0.3) is 0 Å². The van der Waals surface area contributed by atoms with Gasteiger partial charge in [-0.15, -0.1) is 0 Å². The number of para-hydroxylation sites is 1. The van der Waals surface area contributed by atoms with Crippen molar-refractivity contribution < 1.29 is 4.74 Å². The van der Waals surface area contributed by atoms with Crippen LogP contribution < -0.4 is 14.5 Å². The molecule has 9 aromatic rings. The summed E-state index contributed by atoms with van der Waals surface area (Å²) >= 11 is 0. The molecule has 6 aromatic carbocycles. The first kappa shape index (κ1) is 53.2. The van der Waals surface area contributed by atoms with Crippen molar-refractivity contribution in [2.45, 2.75) is 157 Å². The Morgan fingerprint density at radius 1 is 0.390 bits per heavy atom. The molecule has 0 atom stereocenters. The number of rotatable bonds is 7. The number of anilines is 4. The first-order valence-electron chi connectivity index (χ1n) is 27.7. The van der Waals surface area contributed by atoms with Crippen molar-refractivity contribution in [3.05, 3.63) is 185 Å². The van der Waals surface area contributed by atoms with Crippen LogP contribution in [0.25, 0.3) is 49.9 Å². The summed E-state index contributed by atoms with van der Waals surface area (Å²) in [6, 6.07) is 51.7. The van der Waals surface area contributed by atoms with Gasteiger partial charge in [-0.05, 0) is 144 Å². The summed E-state index contributed by atoms with van der Waals surface area (Å²) in [5.41, 5.74) is 17.6. The first-order chi connectivity index (χ1) is 36.0. The molecular formula is C71H81N5O. The lowest BCUT2D eigenvalue weighted by Gasteiger charge is -2.34. The van der Waals surface area contributed by atoms with Crippen LogP contribution >= 0.6 is 0 Å². The van der Waals surface area contributed by atoms with Crippen LogP contribution in [0.5, 0.6) is 11.5 Å². The van der Waals surface area contributed by atoms with Gasteiger partial charge in [-0.1, -0.05) is 185 Å². The lowest BCUT2D eigenvalue weighted by Crippen LogP contribution is -2.26. The molecule has 0 saturated carbocycles. The highest BCUT2D eigenvalue weighted by molar-refractivity contribution is 6.09. The highest BCUT2D eigenvalue weighted by Crippen LogP contribution is 2.54. The molecule has 3 aromatic heterocycles. The molecular weight excluding hydrogens is 939 g/mol. The SMILES string of the molecule is CC(C)(C)c1ccnc(-n2c3ccccc3c3ccc(Oc4cccc(N5CN(c6c(-c7ccc(C(C)(C)C)cc7C(C)(C)C)cc(C(C)(C)C)cc6-c6ccc(C(C)(C)C)cc6C(C)(C)C)c6ncccc65)c4)cc32)c1. The van der Waals surface area contributed by atoms with Crippen molar-refractivity contribution in [2.24, 2.45) is 0 Å². The average Bonchev–Trinajstić information content (AvgIpc) is 3.98.